The van der Waals surface area contributed by atoms with Crippen LogP contribution in [0, 0.1) is 5.82 Å². The Balaban J connectivity index is 1.66. The Hall–Kier alpha value is -0.730. The molecule has 0 radical (unpaired) electrons. The van der Waals surface area contributed by atoms with E-state index in [1.165, 1.54) is 16.4 Å². The first-order valence-electron chi connectivity index (χ1n) is 8.04. The molecule has 2 heterocycles. The lowest BCUT2D eigenvalue weighted by molar-refractivity contribution is -0.124. The number of piperidine rings is 1. The van der Waals surface area contributed by atoms with Gasteiger partial charge >= 0.3 is 0 Å². The SMILES string of the molecule is CN1CCOC2(CCN(S(=O)(=O)Cc3ccc(Cl)cc3F)CC2)C1. The molecule has 3 rings (SSSR count). The van der Waals surface area contributed by atoms with E-state index >= 15 is 0 Å². The van der Waals surface area contributed by atoms with Crippen molar-refractivity contribution < 1.29 is 17.5 Å². The van der Waals surface area contributed by atoms with Gasteiger partial charge in [0.05, 0.1) is 18.0 Å². The van der Waals surface area contributed by atoms with Crippen LogP contribution in [0.4, 0.5) is 4.39 Å². The Morgan fingerprint density at radius 2 is 2.00 bits per heavy atom. The number of rotatable bonds is 3. The van der Waals surface area contributed by atoms with Gasteiger partial charge in [-0.2, -0.15) is 0 Å². The zero-order chi connectivity index (χ0) is 17.4. The number of nitrogens with zero attached hydrogens (tertiary/aromatic N) is 2. The molecule has 2 fully saturated rings. The van der Waals surface area contributed by atoms with E-state index in [1.54, 1.807) is 0 Å². The van der Waals surface area contributed by atoms with Crippen molar-refractivity contribution in [2.75, 3.05) is 39.8 Å². The molecule has 24 heavy (non-hydrogen) atoms. The van der Waals surface area contributed by atoms with Gasteiger partial charge in [0.1, 0.15) is 5.82 Å². The van der Waals surface area contributed by atoms with Gasteiger partial charge in [0, 0.05) is 36.8 Å². The minimum Gasteiger partial charge on any atom is -0.372 e. The third-order valence-electron chi connectivity index (χ3n) is 4.82. The van der Waals surface area contributed by atoms with Gasteiger partial charge in [-0.15, -0.1) is 0 Å². The van der Waals surface area contributed by atoms with Crippen LogP contribution in [0.5, 0.6) is 0 Å². The van der Waals surface area contributed by atoms with Crippen LogP contribution in [0.25, 0.3) is 0 Å². The molecule has 2 saturated heterocycles. The Kier molecular flexibility index (Phi) is 5.18. The Morgan fingerprint density at radius 1 is 1.29 bits per heavy atom. The molecule has 0 saturated carbocycles. The molecule has 134 valence electrons. The fourth-order valence-corrected chi connectivity index (χ4v) is 5.14. The monoisotopic (exact) mass is 376 g/mol. The lowest BCUT2D eigenvalue weighted by Crippen LogP contribution is -2.56. The van der Waals surface area contributed by atoms with Crippen molar-refractivity contribution in [2.24, 2.45) is 0 Å². The van der Waals surface area contributed by atoms with Gasteiger partial charge in [-0.1, -0.05) is 17.7 Å². The summed E-state index contributed by atoms with van der Waals surface area (Å²) in [6.45, 7) is 3.22. The number of halogens is 2. The Bertz CT molecular complexity index is 705. The van der Waals surface area contributed by atoms with Crippen molar-refractivity contribution in [1.29, 1.82) is 0 Å². The first-order chi connectivity index (χ1) is 11.3. The van der Waals surface area contributed by atoms with Crippen LogP contribution in [0.2, 0.25) is 5.02 Å². The lowest BCUT2D eigenvalue weighted by atomic mass is 9.90. The quantitative estimate of drug-likeness (QED) is 0.810. The predicted octanol–water partition coefficient (Wildman–Crippen LogP) is 2.11. The van der Waals surface area contributed by atoms with Crippen LogP contribution in [0.15, 0.2) is 18.2 Å². The first kappa shape index (κ1) is 18.1. The summed E-state index contributed by atoms with van der Waals surface area (Å²) in [6, 6.07) is 4.08. The highest BCUT2D eigenvalue weighted by atomic mass is 35.5. The summed E-state index contributed by atoms with van der Waals surface area (Å²) in [6.07, 6.45) is 1.33. The summed E-state index contributed by atoms with van der Waals surface area (Å²) in [5.74, 6) is -0.930. The first-order valence-corrected chi connectivity index (χ1v) is 10.0. The second-order valence-corrected chi connectivity index (χ2v) is 9.07. The number of likely N-dealkylation sites (N-methyl/N-ethyl adjacent to an activating group) is 1. The number of benzene rings is 1. The molecule has 0 N–H and O–H groups in total. The van der Waals surface area contributed by atoms with Crippen molar-refractivity contribution in [3.63, 3.8) is 0 Å². The van der Waals surface area contributed by atoms with E-state index < -0.39 is 15.8 Å². The standard InChI is InChI=1S/C16H22ClFN2O3S/c1-19-8-9-23-16(12-19)4-6-20(7-5-16)24(21,22)11-13-2-3-14(17)10-15(13)18/h2-3,10H,4-9,11-12H2,1H3. The van der Waals surface area contributed by atoms with Crippen LogP contribution < -0.4 is 0 Å². The highest BCUT2D eigenvalue weighted by molar-refractivity contribution is 7.88. The van der Waals surface area contributed by atoms with Crippen molar-refractivity contribution in [3.05, 3.63) is 34.6 Å². The summed E-state index contributed by atoms with van der Waals surface area (Å²) in [5, 5.41) is 0.257. The molecular formula is C16H22ClFN2O3S. The molecule has 0 aromatic heterocycles. The van der Waals surface area contributed by atoms with Gasteiger partial charge < -0.3 is 9.64 Å². The molecular weight excluding hydrogens is 355 g/mol. The third kappa shape index (κ3) is 3.91. The molecule has 2 aliphatic heterocycles. The maximum Gasteiger partial charge on any atom is 0.218 e. The maximum absolute atomic E-state index is 13.9. The minimum absolute atomic E-state index is 0.147. The van der Waals surface area contributed by atoms with Crippen molar-refractivity contribution >= 4 is 21.6 Å². The second kappa shape index (κ2) is 6.88. The lowest BCUT2D eigenvalue weighted by Gasteiger charge is -2.46. The van der Waals surface area contributed by atoms with Crippen LogP contribution in [0.1, 0.15) is 18.4 Å². The molecule has 0 atom stereocenters. The number of sulfonamides is 1. The Morgan fingerprint density at radius 3 is 2.62 bits per heavy atom. The van der Waals surface area contributed by atoms with Crippen molar-refractivity contribution in [3.8, 4) is 0 Å². The van der Waals surface area contributed by atoms with Crippen molar-refractivity contribution in [2.45, 2.75) is 24.2 Å². The van der Waals surface area contributed by atoms with Crippen LogP contribution in [0.3, 0.4) is 0 Å². The molecule has 0 amide bonds. The predicted molar refractivity (Wildman–Crippen MR) is 91.0 cm³/mol. The van der Waals surface area contributed by atoms with Gasteiger partial charge in [0.25, 0.3) is 0 Å². The van der Waals surface area contributed by atoms with Crippen molar-refractivity contribution in [1.82, 2.24) is 9.21 Å². The molecule has 8 heteroatoms. The molecule has 0 unspecified atom stereocenters. The number of ether oxygens (including phenoxy) is 1. The third-order valence-corrected chi connectivity index (χ3v) is 6.88. The van der Waals surface area contributed by atoms with Gasteiger partial charge in [-0.3, -0.25) is 0 Å². The zero-order valence-electron chi connectivity index (χ0n) is 13.7. The fourth-order valence-electron chi connectivity index (χ4n) is 3.44. The molecule has 2 aliphatic rings. The summed E-state index contributed by atoms with van der Waals surface area (Å²) in [4.78, 5) is 2.22. The topological polar surface area (TPSA) is 49.9 Å². The van der Waals surface area contributed by atoms with Crippen LogP contribution >= 0.6 is 11.6 Å². The van der Waals surface area contributed by atoms with Gasteiger partial charge in [0.15, 0.2) is 0 Å². The summed E-state index contributed by atoms with van der Waals surface area (Å²) in [5.41, 5.74) is -0.0989. The summed E-state index contributed by atoms with van der Waals surface area (Å²) >= 11 is 5.71. The number of morpholine rings is 1. The normalized spacial score (nSPS) is 22.8. The zero-order valence-corrected chi connectivity index (χ0v) is 15.2. The Labute approximate surface area is 147 Å². The smallest absolute Gasteiger partial charge is 0.218 e. The molecule has 1 aromatic rings. The van der Waals surface area contributed by atoms with E-state index in [-0.39, 0.29) is 21.9 Å². The maximum atomic E-state index is 13.9. The van der Waals surface area contributed by atoms with Gasteiger partial charge in [-0.05, 0) is 32.0 Å². The van der Waals surface area contributed by atoms with E-state index in [9.17, 15) is 12.8 Å². The molecule has 1 aromatic carbocycles. The second-order valence-electron chi connectivity index (χ2n) is 6.66. The van der Waals surface area contributed by atoms with Crippen LogP contribution in [-0.2, 0) is 20.5 Å². The number of hydrogen-bond donors (Lipinski definition) is 0. The summed E-state index contributed by atoms with van der Waals surface area (Å²) in [7, 11) is -1.51. The van der Waals surface area contributed by atoms with E-state index in [0.29, 0.717) is 32.5 Å². The average molecular weight is 377 g/mol. The highest BCUT2D eigenvalue weighted by Gasteiger charge is 2.41. The van der Waals surface area contributed by atoms with Crippen LogP contribution in [-0.4, -0.2) is 63.1 Å². The molecule has 0 bridgehead atoms. The van der Waals surface area contributed by atoms with E-state index in [0.717, 1.165) is 19.2 Å². The molecule has 0 aliphatic carbocycles. The number of hydrogen-bond acceptors (Lipinski definition) is 4. The van der Waals surface area contributed by atoms with E-state index in [4.69, 9.17) is 16.3 Å². The van der Waals surface area contributed by atoms with Gasteiger partial charge in [0.2, 0.25) is 10.0 Å². The summed E-state index contributed by atoms with van der Waals surface area (Å²) < 4.78 is 46.5. The minimum atomic E-state index is -3.56. The van der Waals surface area contributed by atoms with Gasteiger partial charge in [-0.25, -0.2) is 17.1 Å². The molecule has 1 spiro atoms. The molecule has 5 nitrogen and oxygen atoms in total. The average Bonchev–Trinajstić information content (AvgIpc) is 2.50. The van der Waals surface area contributed by atoms with E-state index in [1.807, 2.05) is 0 Å². The van der Waals surface area contributed by atoms with E-state index in [2.05, 4.69) is 11.9 Å². The fraction of sp³-hybridized carbons (Fsp3) is 0.625. The largest absolute Gasteiger partial charge is 0.372 e. The highest BCUT2D eigenvalue weighted by Crippen LogP contribution is 2.31.